The Balaban J connectivity index is 1.89. The number of hydrogen-bond acceptors (Lipinski definition) is 4. The van der Waals surface area contributed by atoms with Gasteiger partial charge in [-0.15, -0.1) is 0 Å². The second-order valence-corrected chi connectivity index (χ2v) is 5.33. The highest BCUT2D eigenvalue weighted by molar-refractivity contribution is 6.19. The lowest BCUT2D eigenvalue weighted by Gasteiger charge is -2.26. The first-order valence-electron chi connectivity index (χ1n) is 6.70. The number of carbonyl (C=O) groups excluding carboxylic acids is 4. The molecule has 6 nitrogen and oxygen atoms in total. The zero-order valence-electron chi connectivity index (χ0n) is 11.5. The van der Waals surface area contributed by atoms with Crippen LogP contribution in [-0.4, -0.2) is 40.5 Å². The van der Waals surface area contributed by atoms with Crippen molar-refractivity contribution in [2.45, 2.75) is 13.0 Å². The van der Waals surface area contributed by atoms with Crippen molar-refractivity contribution in [1.29, 1.82) is 0 Å². The maximum Gasteiger partial charge on any atom is 0.242 e. The molecule has 0 saturated carbocycles. The third-order valence-corrected chi connectivity index (χ3v) is 4.07. The van der Waals surface area contributed by atoms with Crippen LogP contribution in [0.15, 0.2) is 30.3 Å². The maximum atomic E-state index is 12.4. The summed E-state index contributed by atoms with van der Waals surface area (Å²) in [5.41, 5.74) is 0.810. The monoisotopic (exact) mass is 286 g/mol. The van der Waals surface area contributed by atoms with Crippen LogP contribution < -0.4 is 0 Å². The molecule has 0 bridgehead atoms. The number of nitrogens with zero attached hydrogens (tertiary/aromatic N) is 2. The Labute approximate surface area is 121 Å². The number of benzene rings is 1. The molecule has 3 rings (SSSR count). The summed E-state index contributed by atoms with van der Waals surface area (Å²) in [5, 5.41) is 0. The summed E-state index contributed by atoms with van der Waals surface area (Å²) in [6.45, 7) is 0.136. The third kappa shape index (κ3) is 2.03. The van der Waals surface area contributed by atoms with Gasteiger partial charge in [-0.05, 0) is 5.56 Å². The number of fused-ring (bicyclic) bond motifs is 1. The molecule has 0 N–H and O–H groups in total. The molecule has 2 aliphatic heterocycles. The number of amides is 4. The molecule has 2 aliphatic rings. The molecule has 108 valence electrons. The van der Waals surface area contributed by atoms with E-state index < -0.39 is 35.5 Å². The standard InChI is InChI=1S/C15H14N2O4/c1-16-11(18)7-10-12(14(16)20)15(21)17(13(10)19)8-9-5-3-2-4-6-9/h2-6,10,12H,7-8H2,1H3. The minimum absolute atomic E-state index is 0.0806. The predicted octanol–water partition coefficient (Wildman–Crippen LogP) is 0.176. The molecular weight excluding hydrogens is 272 g/mol. The van der Waals surface area contributed by atoms with Crippen LogP contribution in [0.3, 0.4) is 0 Å². The number of likely N-dealkylation sites (tertiary alicyclic amines) is 2. The smallest absolute Gasteiger partial charge is 0.242 e. The minimum Gasteiger partial charge on any atom is -0.285 e. The zero-order valence-corrected chi connectivity index (χ0v) is 11.5. The second-order valence-electron chi connectivity index (χ2n) is 5.33. The van der Waals surface area contributed by atoms with Crippen molar-refractivity contribution in [2.24, 2.45) is 11.8 Å². The summed E-state index contributed by atoms with van der Waals surface area (Å²) in [7, 11) is 1.35. The fraction of sp³-hybridized carbons (Fsp3) is 0.333. The molecule has 1 aromatic carbocycles. The summed E-state index contributed by atoms with van der Waals surface area (Å²) in [4.78, 5) is 50.5. The van der Waals surface area contributed by atoms with E-state index >= 15 is 0 Å². The van der Waals surface area contributed by atoms with Crippen LogP contribution in [0.25, 0.3) is 0 Å². The van der Waals surface area contributed by atoms with Gasteiger partial charge < -0.3 is 0 Å². The molecule has 0 aromatic heterocycles. The maximum absolute atomic E-state index is 12.4. The lowest BCUT2D eigenvalue weighted by Crippen LogP contribution is -2.48. The van der Waals surface area contributed by atoms with E-state index in [4.69, 9.17) is 0 Å². The quantitative estimate of drug-likeness (QED) is 0.574. The molecule has 21 heavy (non-hydrogen) atoms. The van der Waals surface area contributed by atoms with Crippen molar-refractivity contribution in [2.75, 3.05) is 7.05 Å². The first kappa shape index (κ1) is 13.5. The van der Waals surface area contributed by atoms with Crippen molar-refractivity contribution in [3.63, 3.8) is 0 Å². The highest BCUT2D eigenvalue weighted by Crippen LogP contribution is 2.35. The molecule has 2 heterocycles. The summed E-state index contributed by atoms with van der Waals surface area (Å²) in [6, 6.07) is 9.09. The fourth-order valence-corrected chi connectivity index (χ4v) is 2.85. The van der Waals surface area contributed by atoms with E-state index in [1.165, 1.54) is 7.05 Å². The van der Waals surface area contributed by atoms with E-state index in [-0.39, 0.29) is 13.0 Å². The fourth-order valence-electron chi connectivity index (χ4n) is 2.85. The molecule has 1 aromatic rings. The highest BCUT2D eigenvalue weighted by atomic mass is 16.2. The van der Waals surface area contributed by atoms with Crippen LogP contribution in [0.2, 0.25) is 0 Å². The van der Waals surface area contributed by atoms with Gasteiger partial charge in [0, 0.05) is 13.5 Å². The Morgan fingerprint density at radius 1 is 1.00 bits per heavy atom. The Morgan fingerprint density at radius 2 is 1.67 bits per heavy atom. The molecule has 2 atom stereocenters. The van der Waals surface area contributed by atoms with Crippen molar-refractivity contribution >= 4 is 23.6 Å². The first-order chi connectivity index (χ1) is 10.0. The Bertz CT molecular complexity index is 640. The van der Waals surface area contributed by atoms with E-state index in [0.717, 1.165) is 15.4 Å². The average molecular weight is 286 g/mol. The van der Waals surface area contributed by atoms with E-state index in [1.807, 2.05) is 30.3 Å². The number of piperidine rings is 1. The van der Waals surface area contributed by atoms with Gasteiger partial charge in [0.2, 0.25) is 23.6 Å². The molecule has 0 spiro atoms. The van der Waals surface area contributed by atoms with Gasteiger partial charge in [0.15, 0.2) is 0 Å². The third-order valence-electron chi connectivity index (χ3n) is 4.07. The largest absolute Gasteiger partial charge is 0.285 e. The lowest BCUT2D eigenvalue weighted by atomic mass is 9.87. The Kier molecular flexibility index (Phi) is 3.08. The molecule has 6 heteroatoms. The highest BCUT2D eigenvalue weighted by Gasteiger charge is 2.56. The molecule has 2 unspecified atom stereocenters. The summed E-state index contributed by atoms with van der Waals surface area (Å²) in [6.07, 6.45) is -0.0806. The average Bonchev–Trinajstić information content (AvgIpc) is 2.71. The molecule has 0 aliphatic carbocycles. The summed E-state index contributed by atoms with van der Waals surface area (Å²) >= 11 is 0. The number of imide groups is 2. The zero-order chi connectivity index (χ0) is 15.1. The lowest BCUT2D eigenvalue weighted by molar-refractivity contribution is -0.155. The van der Waals surface area contributed by atoms with Crippen LogP contribution in [-0.2, 0) is 25.7 Å². The molecular formula is C15H14N2O4. The molecule has 2 fully saturated rings. The van der Waals surface area contributed by atoms with Crippen molar-refractivity contribution < 1.29 is 19.2 Å². The van der Waals surface area contributed by atoms with Gasteiger partial charge in [-0.2, -0.15) is 0 Å². The summed E-state index contributed by atoms with van der Waals surface area (Å²) < 4.78 is 0. The van der Waals surface area contributed by atoms with Gasteiger partial charge in [0.1, 0.15) is 5.92 Å². The van der Waals surface area contributed by atoms with Crippen LogP contribution in [0.4, 0.5) is 0 Å². The van der Waals surface area contributed by atoms with Gasteiger partial charge in [-0.25, -0.2) is 0 Å². The van der Waals surface area contributed by atoms with Crippen molar-refractivity contribution in [3.8, 4) is 0 Å². The van der Waals surface area contributed by atoms with E-state index in [0.29, 0.717) is 0 Å². The van der Waals surface area contributed by atoms with Gasteiger partial charge in [-0.1, -0.05) is 30.3 Å². The Hall–Kier alpha value is -2.50. The van der Waals surface area contributed by atoms with Crippen molar-refractivity contribution in [1.82, 2.24) is 9.80 Å². The van der Waals surface area contributed by atoms with E-state index in [9.17, 15) is 19.2 Å². The topological polar surface area (TPSA) is 74.8 Å². The Morgan fingerprint density at radius 3 is 2.33 bits per heavy atom. The number of rotatable bonds is 2. The SMILES string of the molecule is CN1C(=O)CC2C(=O)N(Cc3ccccc3)C(=O)C2C1=O. The van der Waals surface area contributed by atoms with Gasteiger partial charge in [-0.3, -0.25) is 29.0 Å². The molecule has 0 radical (unpaired) electrons. The van der Waals surface area contributed by atoms with Crippen LogP contribution in [0.5, 0.6) is 0 Å². The summed E-state index contributed by atoms with van der Waals surface area (Å²) in [5.74, 6) is -3.79. The number of carbonyl (C=O) groups is 4. The van der Waals surface area contributed by atoms with Crippen molar-refractivity contribution in [3.05, 3.63) is 35.9 Å². The minimum atomic E-state index is -1.04. The van der Waals surface area contributed by atoms with Gasteiger partial charge in [0.25, 0.3) is 0 Å². The normalized spacial score (nSPS) is 25.6. The van der Waals surface area contributed by atoms with E-state index in [2.05, 4.69) is 0 Å². The molecule has 4 amide bonds. The van der Waals surface area contributed by atoms with Crippen LogP contribution in [0.1, 0.15) is 12.0 Å². The van der Waals surface area contributed by atoms with Crippen LogP contribution >= 0.6 is 0 Å². The molecule has 2 saturated heterocycles. The van der Waals surface area contributed by atoms with Gasteiger partial charge >= 0.3 is 0 Å². The second kappa shape index (κ2) is 4.80. The van der Waals surface area contributed by atoms with Crippen LogP contribution in [0, 0.1) is 11.8 Å². The number of hydrogen-bond donors (Lipinski definition) is 0. The van der Waals surface area contributed by atoms with E-state index in [1.54, 1.807) is 0 Å². The predicted molar refractivity (Wildman–Crippen MR) is 71.4 cm³/mol. The first-order valence-corrected chi connectivity index (χ1v) is 6.70. The van der Waals surface area contributed by atoms with Gasteiger partial charge in [0.05, 0.1) is 12.5 Å².